The van der Waals surface area contributed by atoms with Crippen LogP contribution < -0.4 is 16.0 Å². The number of Topliss-reactive ketones (excluding diaryl/α,β-unsaturated/α-hetero) is 1. The molecule has 0 radical (unpaired) electrons. The molecular formula is C20H19N3O4. The Morgan fingerprint density at radius 2 is 1.74 bits per heavy atom. The van der Waals surface area contributed by atoms with Gasteiger partial charge in [0.15, 0.2) is 5.78 Å². The van der Waals surface area contributed by atoms with Gasteiger partial charge in [0, 0.05) is 42.4 Å². The summed E-state index contributed by atoms with van der Waals surface area (Å²) in [6.45, 7) is 1.40. The van der Waals surface area contributed by atoms with E-state index in [9.17, 15) is 19.2 Å². The maximum atomic E-state index is 12.3. The van der Waals surface area contributed by atoms with Crippen LogP contribution in [-0.4, -0.2) is 23.5 Å². The van der Waals surface area contributed by atoms with Crippen LogP contribution in [0, 0.1) is 0 Å². The van der Waals surface area contributed by atoms with Crippen LogP contribution in [0.25, 0.3) is 0 Å². The molecule has 0 saturated carbocycles. The van der Waals surface area contributed by atoms with E-state index < -0.39 is 0 Å². The minimum Gasteiger partial charge on any atom is -0.326 e. The van der Waals surface area contributed by atoms with Gasteiger partial charge in [0.1, 0.15) is 0 Å². The normalized spacial score (nSPS) is 12.1. The minimum atomic E-state index is -0.290. The molecule has 3 amide bonds. The Balaban J connectivity index is 1.55. The van der Waals surface area contributed by atoms with Crippen molar-refractivity contribution in [2.45, 2.75) is 26.2 Å². The van der Waals surface area contributed by atoms with Gasteiger partial charge in [-0.3, -0.25) is 19.2 Å². The fourth-order valence-electron chi connectivity index (χ4n) is 2.88. The monoisotopic (exact) mass is 365 g/mol. The van der Waals surface area contributed by atoms with E-state index in [1.54, 1.807) is 42.5 Å². The third-order valence-corrected chi connectivity index (χ3v) is 4.10. The summed E-state index contributed by atoms with van der Waals surface area (Å²) in [5.41, 5.74) is 3.14. The number of hydrogen-bond acceptors (Lipinski definition) is 4. The number of ketones is 1. The van der Waals surface area contributed by atoms with Gasteiger partial charge in [-0.05, 0) is 42.0 Å². The molecule has 7 nitrogen and oxygen atoms in total. The van der Waals surface area contributed by atoms with Crippen molar-refractivity contribution in [1.29, 1.82) is 0 Å². The van der Waals surface area contributed by atoms with Gasteiger partial charge in [-0.2, -0.15) is 0 Å². The number of benzene rings is 2. The van der Waals surface area contributed by atoms with E-state index in [0.717, 1.165) is 11.3 Å². The van der Waals surface area contributed by atoms with Gasteiger partial charge in [-0.1, -0.05) is 6.07 Å². The van der Waals surface area contributed by atoms with Crippen molar-refractivity contribution in [1.82, 2.24) is 0 Å². The Bertz CT molecular complexity index is 937. The number of carbonyl (C=O) groups excluding carboxylic acids is 4. The number of rotatable bonds is 6. The predicted molar refractivity (Wildman–Crippen MR) is 102 cm³/mol. The maximum absolute atomic E-state index is 12.3. The molecule has 1 aliphatic heterocycles. The lowest BCUT2D eigenvalue weighted by atomic mass is 10.0. The summed E-state index contributed by atoms with van der Waals surface area (Å²) in [5, 5.41) is 8.07. The third kappa shape index (κ3) is 4.78. The fraction of sp³-hybridized carbons (Fsp3) is 0.200. The number of nitrogens with one attached hydrogen (secondary N) is 3. The first-order valence-corrected chi connectivity index (χ1v) is 8.54. The summed E-state index contributed by atoms with van der Waals surface area (Å²) in [5.74, 6) is -0.730. The van der Waals surface area contributed by atoms with Crippen molar-refractivity contribution in [2.24, 2.45) is 0 Å². The Morgan fingerprint density at radius 1 is 1.00 bits per heavy atom. The highest BCUT2D eigenvalue weighted by Gasteiger charge is 2.19. The number of carbonyl (C=O) groups is 4. The molecule has 27 heavy (non-hydrogen) atoms. The van der Waals surface area contributed by atoms with E-state index >= 15 is 0 Å². The highest BCUT2D eigenvalue weighted by Crippen LogP contribution is 2.24. The summed E-state index contributed by atoms with van der Waals surface area (Å²) in [7, 11) is 0. The van der Waals surface area contributed by atoms with E-state index in [2.05, 4.69) is 16.0 Å². The zero-order chi connectivity index (χ0) is 19.4. The van der Waals surface area contributed by atoms with Crippen LogP contribution in [0.3, 0.4) is 0 Å². The first-order chi connectivity index (χ1) is 12.9. The van der Waals surface area contributed by atoms with E-state index in [1.807, 2.05) is 0 Å². The van der Waals surface area contributed by atoms with Crippen LogP contribution in [0.4, 0.5) is 17.1 Å². The van der Waals surface area contributed by atoms with Gasteiger partial charge in [0.25, 0.3) is 0 Å². The van der Waals surface area contributed by atoms with E-state index in [-0.39, 0.29) is 42.8 Å². The summed E-state index contributed by atoms with van der Waals surface area (Å²) in [6.07, 6.45) is 0.371. The average Bonchev–Trinajstić information content (AvgIpc) is 2.98. The molecule has 0 spiro atoms. The molecule has 0 aromatic heterocycles. The van der Waals surface area contributed by atoms with Gasteiger partial charge in [-0.15, -0.1) is 0 Å². The lowest BCUT2D eigenvalue weighted by Crippen LogP contribution is -2.14. The minimum absolute atomic E-state index is 0.0391. The number of anilines is 3. The Hall–Kier alpha value is -3.48. The Labute approximate surface area is 156 Å². The Morgan fingerprint density at radius 3 is 2.48 bits per heavy atom. The molecule has 0 saturated heterocycles. The van der Waals surface area contributed by atoms with Gasteiger partial charge in [-0.25, -0.2) is 0 Å². The third-order valence-electron chi connectivity index (χ3n) is 4.10. The van der Waals surface area contributed by atoms with E-state index in [1.165, 1.54) is 6.92 Å². The highest BCUT2D eigenvalue weighted by molar-refractivity contribution is 6.03. The second kappa shape index (κ2) is 7.82. The van der Waals surface area contributed by atoms with Gasteiger partial charge >= 0.3 is 0 Å². The SMILES string of the molecule is CC(=O)Nc1cccc(NC(=O)CCC(=O)c2ccc3c(c2)CC(=O)N3)c1. The molecular weight excluding hydrogens is 346 g/mol. The van der Waals surface area contributed by atoms with Crippen LogP contribution in [-0.2, 0) is 20.8 Å². The summed E-state index contributed by atoms with van der Waals surface area (Å²) in [6, 6.07) is 11.8. The molecule has 7 heteroatoms. The molecule has 1 aliphatic rings. The summed E-state index contributed by atoms with van der Waals surface area (Å²) < 4.78 is 0. The van der Waals surface area contributed by atoms with E-state index in [4.69, 9.17) is 0 Å². The zero-order valence-corrected chi connectivity index (χ0v) is 14.8. The molecule has 138 valence electrons. The number of amides is 3. The average molecular weight is 365 g/mol. The van der Waals surface area contributed by atoms with Crippen LogP contribution in [0.1, 0.15) is 35.7 Å². The standard InChI is InChI=1S/C20H19N3O4/c1-12(24)21-15-3-2-4-16(11-15)22-19(26)8-7-18(25)13-5-6-17-14(9-13)10-20(27)23-17/h2-6,9,11H,7-8,10H2,1H3,(H,21,24)(H,22,26)(H,23,27). The first-order valence-electron chi connectivity index (χ1n) is 8.54. The second-order valence-electron chi connectivity index (χ2n) is 6.33. The molecule has 0 unspecified atom stereocenters. The predicted octanol–water partition coefficient (Wildman–Crippen LogP) is 2.74. The lowest BCUT2D eigenvalue weighted by Gasteiger charge is -2.08. The van der Waals surface area contributed by atoms with Crippen LogP contribution in [0.5, 0.6) is 0 Å². The van der Waals surface area contributed by atoms with Gasteiger partial charge in [0.2, 0.25) is 17.7 Å². The molecule has 0 fully saturated rings. The summed E-state index contributed by atoms with van der Waals surface area (Å²) in [4.78, 5) is 46.9. The molecule has 3 rings (SSSR count). The van der Waals surface area contributed by atoms with Crippen molar-refractivity contribution >= 4 is 40.6 Å². The van der Waals surface area contributed by atoms with Crippen molar-refractivity contribution < 1.29 is 19.2 Å². The van der Waals surface area contributed by atoms with Crippen LogP contribution in [0.15, 0.2) is 42.5 Å². The fourth-order valence-corrected chi connectivity index (χ4v) is 2.88. The second-order valence-corrected chi connectivity index (χ2v) is 6.33. The molecule has 0 atom stereocenters. The molecule has 2 aromatic carbocycles. The topological polar surface area (TPSA) is 104 Å². The quantitative estimate of drug-likeness (QED) is 0.685. The van der Waals surface area contributed by atoms with Crippen molar-refractivity contribution in [3.8, 4) is 0 Å². The summed E-state index contributed by atoms with van der Waals surface area (Å²) >= 11 is 0. The largest absolute Gasteiger partial charge is 0.326 e. The molecule has 1 heterocycles. The van der Waals surface area contributed by atoms with Crippen LogP contribution in [0.2, 0.25) is 0 Å². The number of hydrogen-bond donors (Lipinski definition) is 3. The van der Waals surface area contributed by atoms with Crippen molar-refractivity contribution in [3.05, 3.63) is 53.6 Å². The lowest BCUT2D eigenvalue weighted by molar-refractivity contribution is -0.116. The van der Waals surface area contributed by atoms with Gasteiger partial charge < -0.3 is 16.0 Å². The molecule has 0 aliphatic carbocycles. The smallest absolute Gasteiger partial charge is 0.228 e. The van der Waals surface area contributed by atoms with Crippen molar-refractivity contribution in [2.75, 3.05) is 16.0 Å². The van der Waals surface area contributed by atoms with Crippen LogP contribution >= 0.6 is 0 Å². The van der Waals surface area contributed by atoms with Gasteiger partial charge in [0.05, 0.1) is 6.42 Å². The first kappa shape index (κ1) is 18.3. The number of fused-ring (bicyclic) bond motifs is 1. The maximum Gasteiger partial charge on any atom is 0.228 e. The Kier molecular flexibility index (Phi) is 5.30. The molecule has 0 bridgehead atoms. The van der Waals surface area contributed by atoms with E-state index in [0.29, 0.717) is 16.9 Å². The molecule has 2 aromatic rings. The highest BCUT2D eigenvalue weighted by atomic mass is 16.2. The zero-order valence-electron chi connectivity index (χ0n) is 14.8. The van der Waals surface area contributed by atoms with Crippen molar-refractivity contribution in [3.63, 3.8) is 0 Å². The molecule has 3 N–H and O–H groups in total.